The number of ether oxygens (including phenoxy) is 2. The second-order valence-electron chi connectivity index (χ2n) is 9.36. The minimum atomic E-state index is -4.20. The molecule has 3 rings (SSSR count). The minimum Gasteiger partial charge on any atom is -0.497 e. The lowest BCUT2D eigenvalue weighted by atomic mass is 10.1. The highest BCUT2D eigenvalue weighted by atomic mass is 35.5. The highest BCUT2D eigenvalue weighted by Crippen LogP contribution is 2.32. The molecule has 214 valence electrons. The molecular weight excluding hydrogens is 554 g/mol. The molecule has 0 aliphatic heterocycles. The number of nitrogens with one attached hydrogen (secondary N) is 1. The molecule has 0 aromatic heterocycles. The van der Waals surface area contributed by atoms with Crippen molar-refractivity contribution < 1.29 is 27.5 Å². The van der Waals surface area contributed by atoms with E-state index < -0.39 is 28.5 Å². The lowest BCUT2D eigenvalue weighted by Gasteiger charge is -2.32. The van der Waals surface area contributed by atoms with Gasteiger partial charge in [0.1, 0.15) is 24.1 Å². The number of halogens is 1. The molecule has 3 aromatic rings. The van der Waals surface area contributed by atoms with Crippen molar-refractivity contribution in [3.63, 3.8) is 0 Å². The number of hydrogen-bond acceptors (Lipinski definition) is 6. The minimum absolute atomic E-state index is 0.000291. The van der Waals surface area contributed by atoms with E-state index in [0.717, 1.165) is 4.31 Å². The van der Waals surface area contributed by atoms with Crippen LogP contribution < -0.4 is 19.1 Å². The van der Waals surface area contributed by atoms with Crippen LogP contribution in [-0.2, 0) is 26.2 Å². The quantitative estimate of drug-likeness (QED) is 0.335. The Morgan fingerprint density at radius 1 is 0.925 bits per heavy atom. The van der Waals surface area contributed by atoms with Crippen LogP contribution in [0.1, 0.15) is 26.3 Å². The van der Waals surface area contributed by atoms with Crippen molar-refractivity contribution in [1.82, 2.24) is 10.2 Å². The number of amides is 2. The van der Waals surface area contributed by atoms with Crippen molar-refractivity contribution in [3.8, 4) is 11.5 Å². The average Bonchev–Trinajstić information content (AvgIpc) is 2.94. The maximum atomic E-state index is 14.0. The van der Waals surface area contributed by atoms with Gasteiger partial charge in [0.15, 0.2) is 0 Å². The zero-order valence-corrected chi connectivity index (χ0v) is 24.7. The van der Waals surface area contributed by atoms with Crippen molar-refractivity contribution >= 4 is 39.1 Å². The zero-order valence-electron chi connectivity index (χ0n) is 23.1. The third kappa shape index (κ3) is 7.45. The fraction of sp³-hybridized carbons (Fsp3) is 0.310. The van der Waals surface area contributed by atoms with Crippen LogP contribution in [0.15, 0.2) is 77.7 Å². The summed E-state index contributed by atoms with van der Waals surface area (Å²) in [5, 5.41) is 3.01. The first-order chi connectivity index (χ1) is 19.0. The van der Waals surface area contributed by atoms with Gasteiger partial charge in [-0.2, -0.15) is 0 Å². The predicted octanol–water partition coefficient (Wildman–Crippen LogP) is 4.49. The molecule has 3 aromatic carbocycles. The molecule has 0 saturated heterocycles. The van der Waals surface area contributed by atoms with Gasteiger partial charge in [-0.15, -0.1) is 0 Å². The Balaban J connectivity index is 2.06. The highest BCUT2D eigenvalue weighted by molar-refractivity contribution is 7.92. The average molecular weight is 588 g/mol. The van der Waals surface area contributed by atoms with Crippen molar-refractivity contribution in [3.05, 3.63) is 83.4 Å². The molecule has 0 unspecified atom stereocenters. The number of carbonyl (C=O) groups is 2. The fourth-order valence-corrected chi connectivity index (χ4v) is 5.69. The van der Waals surface area contributed by atoms with Crippen LogP contribution >= 0.6 is 11.6 Å². The largest absolute Gasteiger partial charge is 0.497 e. The van der Waals surface area contributed by atoms with Crippen LogP contribution in [0.2, 0.25) is 5.02 Å². The van der Waals surface area contributed by atoms with Gasteiger partial charge in [-0.05, 0) is 68.8 Å². The summed E-state index contributed by atoms with van der Waals surface area (Å²) in [4.78, 5) is 28.3. The Kier molecular flexibility index (Phi) is 10.4. The first-order valence-corrected chi connectivity index (χ1v) is 14.4. The summed E-state index contributed by atoms with van der Waals surface area (Å²) in [7, 11) is -1.22. The number of nitrogens with zero attached hydrogens (tertiary/aromatic N) is 2. The molecule has 11 heteroatoms. The fourth-order valence-electron chi connectivity index (χ4n) is 4.01. The smallest absolute Gasteiger partial charge is 0.264 e. The van der Waals surface area contributed by atoms with Crippen LogP contribution in [0.3, 0.4) is 0 Å². The van der Waals surface area contributed by atoms with Gasteiger partial charge in [0.25, 0.3) is 10.0 Å². The molecule has 40 heavy (non-hydrogen) atoms. The molecule has 0 saturated carbocycles. The lowest BCUT2D eigenvalue weighted by molar-refractivity contribution is -0.139. The van der Waals surface area contributed by atoms with Gasteiger partial charge in [0.05, 0.1) is 29.8 Å². The van der Waals surface area contributed by atoms with Gasteiger partial charge in [-0.3, -0.25) is 13.9 Å². The topological polar surface area (TPSA) is 105 Å². The summed E-state index contributed by atoms with van der Waals surface area (Å²) in [6.07, 6.45) is 0. The summed E-state index contributed by atoms with van der Waals surface area (Å²) >= 11 is 6.34. The molecule has 0 radical (unpaired) electrons. The van der Waals surface area contributed by atoms with Gasteiger partial charge in [-0.25, -0.2) is 8.42 Å². The number of methoxy groups -OCH3 is 2. The summed E-state index contributed by atoms with van der Waals surface area (Å²) in [5.41, 5.74) is 0.880. The number of carbonyl (C=O) groups excluding carboxylic acids is 2. The van der Waals surface area contributed by atoms with E-state index >= 15 is 0 Å². The molecule has 0 spiro atoms. The second kappa shape index (κ2) is 13.5. The van der Waals surface area contributed by atoms with Crippen molar-refractivity contribution in [2.75, 3.05) is 25.1 Å². The zero-order chi connectivity index (χ0) is 29.4. The van der Waals surface area contributed by atoms with Crippen LogP contribution in [-0.4, -0.2) is 58.0 Å². The maximum Gasteiger partial charge on any atom is 0.264 e. The SMILES string of the molecule is COc1cccc(CN(C(=O)CN(c2ccc(OC)c(Cl)c2)S(=O)(=O)c2ccccc2)[C@H](C)C(=O)NC(C)C)c1. The summed E-state index contributed by atoms with van der Waals surface area (Å²) < 4.78 is 39.2. The molecule has 0 heterocycles. The van der Waals surface area contributed by atoms with E-state index in [-0.39, 0.29) is 34.1 Å². The second-order valence-corrected chi connectivity index (χ2v) is 11.6. The molecule has 2 amide bonds. The Morgan fingerprint density at radius 3 is 2.23 bits per heavy atom. The molecule has 0 aliphatic rings. The van der Waals surface area contributed by atoms with Crippen LogP contribution in [0.4, 0.5) is 5.69 Å². The normalized spacial score (nSPS) is 12.0. The molecule has 0 aliphatic carbocycles. The van der Waals surface area contributed by atoms with E-state index in [2.05, 4.69) is 5.32 Å². The van der Waals surface area contributed by atoms with Crippen molar-refractivity contribution in [1.29, 1.82) is 0 Å². The monoisotopic (exact) mass is 587 g/mol. The molecule has 1 atom stereocenters. The van der Waals surface area contributed by atoms with E-state index in [4.69, 9.17) is 21.1 Å². The van der Waals surface area contributed by atoms with Gasteiger partial charge in [-0.1, -0.05) is 41.9 Å². The van der Waals surface area contributed by atoms with Gasteiger partial charge in [0, 0.05) is 12.6 Å². The first-order valence-electron chi connectivity index (χ1n) is 12.6. The maximum absolute atomic E-state index is 14.0. The standard InChI is InChI=1S/C29H34ClN3O6S/c1-20(2)31-29(35)21(3)32(18-22-10-9-11-24(16-22)38-4)28(34)19-33(23-14-15-27(39-5)26(30)17-23)40(36,37)25-12-7-6-8-13-25/h6-17,20-21H,18-19H2,1-5H3,(H,31,35)/t21-/m1/s1. The van der Waals surface area contributed by atoms with E-state index in [1.165, 1.54) is 49.5 Å². The Bertz CT molecular complexity index is 1430. The van der Waals surface area contributed by atoms with E-state index in [9.17, 15) is 18.0 Å². The summed E-state index contributed by atoms with van der Waals surface area (Å²) in [6, 6.07) is 18.3. The first kappa shape index (κ1) is 30.8. The highest BCUT2D eigenvalue weighted by Gasteiger charge is 2.33. The molecule has 0 fully saturated rings. The predicted molar refractivity (Wildman–Crippen MR) is 155 cm³/mol. The van der Waals surface area contributed by atoms with Crippen molar-refractivity contribution in [2.45, 2.75) is 44.3 Å². The van der Waals surface area contributed by atoms with E-state index in [0.29, 0.717) is 17.1 Å². The van der Waals surface area contributed by atoms with Gasteiger partial charge in [0.2, 0.25) is 11.8 Å². The molecule has 9 nitrogen and oxygen atoms in total. The molecular formula is C29H34ClN3O6S. The molecule has 1 N–H and O–H groups in total. The van der Waals surface area contributed by atoms with Crippen LogP contribution in [0, 0.1) is 0 Å². The third-order valence-electron chi connectivity index (χ3n) is 6.12. The van der Waals surface area contributed by atoms with Crippen molar-refractivity contribution in [2.24, 2.45) is 0 Å². The van der Waals surface area contributed by atoms with Gasteiger partial charge < -0.3 is 19.7 Å². The number of hydrogen-bond donors (Lipinski definition) is 1. The van der Waals surface area contributed by atoms with Crippen LogP contribution in [0.25, 0.3) is 0 Å². The Morgan fingerprint density at radius 2 is 1.62 bits per heavy atom. The summed E-state index contributed by atoms with van der Waals surface area (Å²) in [6.45, 7) is 4.71. The number of rotatable bonds is 12. The number of benzene rings is 3. The van der Waals surface area contributed by atoms with Gasteiger partial charge >= 0.3 is 0 Å². The van der Waals surface area contributed by atoms with E-state index in [1.54, 1.807) is 49.4 Å². The lowest BCUT2D eigenvalue weighted by Crippen LogP contribution is -2.52. The summed E-state index contributed by atoms with van der Waals surface area (Å²) in [5.74, 6) is -0.00495. The third-order valence-corrected chi connectivity index (χ3v) is 8.20. The Labute approximate surface area is 240 Å². The van der Waals surface area contributed by atoms with E-state index in [1.807, 2.05) is 13.8 Å². The number of sulfonamides is 1. The van der Waals surface area contributed by atoms with Crippen LogP contribution in [0.5, 0.6) is 11.5 Å². The Hall–Kier alpha value is -3.76. The number of anilines is 1. The molecule has 0 bridgehead atoms.